The highest BCUT2D eigenvalue weighted by Crippen LogP contribution is 2.24. The van der Waals surface area contributed by atoms with Gasteiger partial charge in [-0.15, -0.1) is 0 Å². The first kappa shape index (κ1) is 94.3. The number of benzene rings is 1. The van der Waals surface area contributed by atoms with Crippen LogP contribution in [0.5, 0.6) is 5.75 Å². The van der Waals surface area contributed by atoms with Crippen molar-refractivity contribution in [2.24, 2.45) is 47.0 Å². The van der Waals surface area contributed by atoms with E-state index in [0.717, 1.165) is 4.90 Å². The number of aromatic hydroxyl groups is 1. The average Bonchev–Trinajstić information content (AvgIpc) is 1.63. The average molecular weight is 1580 g/mol. The first-order chi connectivity index (χ1) is 52.4. The predicted molar refractivity (Wildman–Crippen MR) is 405 cm³/mol. The van der Waals surface area contributed by atoms with Crippen molar-refractivity contribution in [3.63, 3.8) is 0 Å². The van der Waals surface area contributed by atoms with E-state index >= 15 is 0 Å². The number of rotatable bonds is 44. The van der Waals surface area contributed by atoms with Crippen molar-refractivity contribution in [3.8, 4) is 5.75 Å². The van der Waals surface area contributed by atoms with Gasteiger partial charge >= 0.3 is 11.9 Å². The third-order valence-corrected chi connectivity index (χ3v) is 19.4. The third kappa shape index (κ3) is 29.5. The molecule has 0 radical (unpaired) electrons. The molecule has 14 atom stereocenters. The predicted octanol–water partition coefficient (Wildman–Crippen LogP) is -2.47. The third-order valence-electron chi connectivity index (χ3n) is 19.4. The fraction of sp³-hybridized carbons (Fsp3) is 0.693. The maximum absolute atomic E-state index is 14.6. The minimum atomic E-state index is -1.75. The van der Waals surface area contributed by atoms with E-state index in [0.29, 0.717) is 24.8 Å². The topological polar surface area (TPSA) is 565 Å². The molecule has 4 rings (SSSR count). The molecule has 15 amide bonds. The highest BCUT2D eigenvalue weighted by molar-refractivity contribution is 6.01. The molecule has 37 nitrogen and oxygen atoms in total. The molecule has 3 fully saturated rings. The molecule has 1 aromatic carbocycles. The summed E-state index contributed by atoms with van der Waals surface area (Å²) in [5, 5.41) is 67.4. The van der Waals surface area contributed by atoms with Crippen molar-refractivity contribution in [2.45, 2.75) is 264 Å². The summed E-state index contributed by atoms with van der Waals surface area (Å²) < 4.78 is 0. The second-order valence-electron chi connectivity index (χ2n) is 31.6. The lowest BCUT2D eigenvalue weighted by atomic mass is 9.97. The Morgan fingerprint density at radius 1 is 0.446 bits per heavy atom. The Morgan fingerprint density at radius 3 is 1.29 bits per heavy atom. The van der Waals surface area contributed by atoms with Crippen molar-refractivity contribution in [1.82, 2.24) is 73.2 Å². The number of nitrogens with one attached hydrogen (secondary N) is 11. The van der Waals surface area contributed by atoms with Crippen LogP contribution in [0.4, 0.5) is 0 Å². The van der Waals surface area contributed by atoms with Crippen LogP contribution in [-0.4, -0.2) is 253 Å². The Balaban J connectivity index is 1.49. The first-order valence-electron chi connectivity index (χ1n) is 38.5. The Bertz CT molecular complexity index is 3500. The molecule has 112 heavy (non-hydrogen) atoms. The van der Waals surface area contributed by atoms with Crippen LogP contribution >= 0.6 is 0 Å². The normalized spacial score (nSPS) is 18.5. The van der Waals surface area contributed by atoms with E-state index < -0.39 is 229 Å². The fourth-order valence-electron chi connectivity index (χ4n) is 13.5. The van der Waals surface area contributed by atoms with Crippen LogP contribution in [0.15, 0.2) is 24.3 Å². The van der Waals surface area contributed by atoms with Crippen LogP contribution in [-0.2, 0) is 87.9 Å². The standard InChI is InChI=1S/C75H120N16O21/c1-37(2)29-48(64(100)80-47(24-25-59(96)97)63(99)86-53(33-44-20-22-45(93)23-21-44)74(110)91-28-16-19-56(91)75(111)112)81-65(101)49(30-38(3)4)82-67(103)51(32-40(7)8)85-72(108)61(42(11)12)87-68(104)52(34-57(77)94)83-66(102)50(31-39(5)6)84-69(105)55-18-15-27-90(55)73(109)43(13)79-71(107)60(41(9)10)88-70(106)54-17-14-26-89(54)58(95)35-78-62(98)46(76)36-92/h20-23,37-43,46-56,60-61,92-93H,14-19,24-36,76H2,1-13H3,(H2,77,94)(H,78,98)(H,79,107)(H,80,100)(H,81,101)(H,82,103)(H,83,102)(H,84,105)(H,85,108)(H,86,99)(H,87,104)(H,88,106)(H,96,97)(H,111,112)/t43-,46-,47-,48-,49-,50-,51-,52-,53-,54-,55-,56-,60-,61-/m0/s1. The number of aliphatic hydroxyl groups excluding tert-OH is 1. The van der Waals surface area contributed by atoms with Gasteiger partial charge in [-0.1, -0.05) is 95.2 Å². The van der Waals surface area contributed by atoms with Gasteiger partial charge < -0.3 is 105 Å². The quantitative estimate of drug-likeness (QED) is 0.0322. The van der Waals surface area contributed by atoms with E-state index in [-0.39, 0.29) is 100 Å². The largest absolute Gasteiger partial charge is 0.508 e. The van der Waals surface area contributed by atoms with Gasteiger partial charge in [0.1, 0.15) is 90.3 Å². The number of carboxylic acids is 2. The number of carbonyl (C=O) groups is 17. The maximum Gasteiger partial charge on any atom is 0.326 e. The Kier molecular flexibility index (Phi) is 37.8. The molecule has 37 heteroatoms. The number of amides is 15. The minimum absolute atomic E-state index is 0.0231. The van der Waals surface area contributed by atoms with Gasteiger partial charge in [-0.2, -0.15) is 0 Å². The molecule has 3 saturated heterocycles. The van der Waals surface area contributed by atoms with Gasteiger partial charge in [-0.3, -0.25) is 76.7 Å². The molecule has 0 aliphatic carbocycles. The smallest absolute Gasteiger partial charge is 0.326 e. The number of hydrogen-bond acceptors (Lipinski definition) is 20. The van der Waals surface area contributed by atoms with E-state index in [9.17, 15) is 102 Å². The van der Waals surface area contributed by atoms with E-state index in [1.54, 1.807) is 83.1 Å². The zero-order valence-electron chi connectivity index (χ0n) is 66.5. The summed E-state index contributed by atoms with van der Waals surface area (Å²) in [6, 6.07) is -13.3. The lowest BCUT2D eigenvalue weighted by Crippen LogP contribution is -2.62. The molecule has 3 heterocycles. The summed E-state index contributed by atoms with van der Waals surface area (Å²) in [4.78, 5) is 237. The molecule has 1 aromatic rings. The summed E-state index contributed by atoms with van der Waals surface area (Å²) >= 11 is 0. The summed E-state index contributed by atoms with van der Waals surface area (Å²) in [5.41, 5.74) is 11.6. The summed E-state index contributed by atoms with van der Waals surface area (Å²) in [7, 11) is 0. The lowest BCUT2D eigenvalue weighted by Gasteiger charge is -2.31. The number of likely N-dealkylation sites (tertiary alicyclic amines) is 3. The summed E-state index contributed by atoms with van der Waals surface area (Å²) in [6.07, 6.45) is -0.604. The van der Waals surface area contributed by atoms with Crippen molar-refractivity contribution in [2.75, 3.05) is 32.8 Å². The van der Waals surface area contributed by atoms with Crippen molar-refractivity contribution >= 4 is 101 Å². The molecular formula is C75H120N16O21. The zero-order valence-corrected chi connectivity index (χ0v) is 66.5. The molecule has 626 valence electrons. The zero-order chi connectivity index (χ0) is 84.3. The number of nitrogens with zero attached hydrogens (tertiary/aromatic N) is 3. The number of carbonyl (C=O) groups excluding carboxylic acids is 15. The van der Waals surface area contributed by atoms with Crippen LogP contribution < -0.4 is 70.0 Å². The number of nitrogens with two attached hydrogens (primary N) is 2. The fourth-order valence-corrected chi connectivity index (χ4v) is 13.5. The van der Waals surface area contributed by atoms with E-state index in [1.165, 1.54) is 41.0 Å². The van der Waals surface area contributed by atoms with Gasteiger partial charge in [0.2, 0.25) is 88.6 Å². The molecule has 0 spiro atoms. The van der Waals surface area contributed by atoms with Crippen LogP contribution in [0.3, 0.4) is 0 Å². The first-order valence-corrected chi connectivity index (χ1v) is 38.5. The van der Waals surface area contributed by atoms with Crippen LogP contribution in [0.1, 0.15) is 179 Å². The summed E-state index contributed by atoms with van der Waals surface area (Å²) in [6.45, 7) is 21.0. The second-order valence-corrected chi connectivity index (χ2v) is 31.6. The molecule has 0 unspecified atom stereocenters. The lowest BCUT2D eigenvalue weighted by molar-refractivity contribution is -0.149. The number of phenolic OH excluding ortho intramolecular Hbond substituents is 1. The summed E-state index contributed by atoms with van der Waals surface area (Å²) in [5.74, 6) is -17.7. The molecule has 3 aliphatic heterocycles. The molecule has 0 saturated carbocycles. The number of aliphatic hydroxyl groups is 1. The van der Waals surface area contributed by atoms with Crippen LogP contribution in [0.2, 0.25) is 0 Å². The SMILES string of the molecule is CC(C)C[C@H](NC(=O)[C@H](CC(C)C)NC(=O)[C@H](CC(C)C)NC(=O)[C@@H](NC(=O)[C@H](CC(N)=O)NC(=O)[C@H](CC(C)C)NC(=O)[C@@H]1CCCN1C(=O)[C@H](C)NC(=O)[C@@H](NC(=O)[C@@H]1CCCN1C(=O)CNC(=O)[C@@H](N)CO)C(C)C)C(C)C)C(=O)N[C@@H](CCC(=O)O)C(=O)N[C@@H](Cc1ccc(O)cc1)C(=O)N1CCC[C@H]1C(=O)O. The number of carboxylic acid groups (broad SMARTS) is 2. The maximum atomic E-state index is 14.6. The van der Waals surface area contributed by atoms with Gasteiger partial charge in [0.05, 0.1) is 19.6 Å². The molecule has 0 aromatic heterocycles. The molecule has 19 N–H and O–H groups in total. The number of aliphatic carboxylic acids is 2. The molecule has 3 aliphatic rings. The van der Waals surface area contributed by atoms with Crippen molar-refractivity contribution in [1.29, 1.82) is 0 Å². The minimum Gasteiger partial charge on any atom is -0.508 e. The van der Waals surface area contributed by atoms with Gasteiger partial charge in [-0.05, 0) is 131 Å². The highest BCUT2D eigenvalue weighted by Gasteiger charge is 2.44. The number of phenols is 1. The monoisotopic (exact) mass is 1580 g/mol. The highest BCUT2D eigenvalue weighted by atomic mass is 16.4. The van der Waals surface area contributed by atoms with Gasteiger partial charge in [0.25, 0.3) is 0 Å². The number of primary amides is 1. The van der Waals surface area contributed by atoms with Crippen LogP contribution in [0, 0.1) is 35.5 Å². The van der Waals surface area contributed by atoms with Crippen molar-refractivity contribution < 1.29 is 102 Å². The van der Waals surface area contributed by atoms with E-state index in [4.69, 9.17) is 11.5 Å². The Labute approximate surface area is 653 Å². The van der Waals surface area contributed by atoms with Gasteiger partial charge in [0, 0.05) is 32.5 Å². The van der Waals surface area contributed by atoms with Crippen molar-refractivity contribution in [3.05, 3.63) is 29.8 Å². The Morgan fingerprint density at radius 2 is 0.830 bits per heavy atom. The molecule has 0 bridgehead atoms. The van der Waals surface area contributed by atoms with E-state index in [1.807, 2.05) is 0 Å². The Hall–Kier alpha value is -10.1. The molecular weight excluding hydrogens is 1460 g/mol. The van der Waals surface area contributed by atoms with Gasteiger partial charge in [0.15, 0.2) is 0 Å². The van der Waals surface area contributed by atoms with E-state index in [2.05, 4.69) is 58.5 Å². The van der Waals surface area contributed by atoms with Gasteiger partial charge in [-0.25, -0.2) is 4.79 Å². The second kappa shape index (κ2) is 44.8. The van der Waals surface area contributed by atoms with Crippen LogP contribution in [0.25, 0.3) is 0 Å². The number of hydrogen-bond donors (Lipinski definition) is 17.